The molecule has 1 aliphatic heterocycles. The summed E-state index contributed by atoms with van der Waals surface area (Å²) >= 11 is 1.37. The highest BCUT2D eigenvalue weighted by molar-refractivity contribution is 7.16. The molecule has 0 spiro atoms. The molecule has 0 saturated carbocycles. The van der Waals surface area contributed by atoms with Crippen LogP contribution in [0.3, 0.4) is 0 Å². The van der Waals surface area contributed by atoms with Crippen LogP contribution in [0, 0.1) is 5.92 Å². The molecule has 0 bridgehead atoms. The monoisotopic (exact) mass is 303 g/mol. The van der Waals surface area contributed by atoms with E-state index in [-0.39, 0.29) is 18.4 Å². The molecular formula is C15H17N3O2S. The van der Waals surface area contributed by atoms with Crippen molar-refractivity contribution in [3.05, 3.63) is 35.5 Å². The van der Waals surface area contributed by atoms with Gasteiger partial charge in [0.05, 0.1) is 11.9 Å². The molecular weight excluding hydrogens is 286 g/mol. The molecule has 0 aromatic carbocycles. The number of aliphatic hydroxyl groups excluding tert-OH is 1. The number of pyridine rings is 1. The van der Waals surface area contributed by atoms with Crippen molar-refractivity contribution in [3.8, 4) is 10.7 Å². The summed E-state index contributed by atoms with van der Waals surface area (Å²) in [4.78, 5) is 23.5. The van der Waals surface area contributed by atoms with E-state index in [4.69, 9.17) is 0 Å². The van der Waals surface area contributed by atoms with Gasteiger partial charge in [-0.2, -0.15) is 0 Å². The molecule has 6 heteroatoms. The van der Waals surface area contributed by atoms with Gasteiger partial charge < -0.3 is 10.0 Å². The van der Waals surface area contributed by atoms with Gasteiger partial charge in [-0.3, -0.25) is 9.78 Å². The molecule has 1 aliphatic rings. The Bertz CT molecular complexity index is 614. The second kappa shape index (κ2) is 6.32. The smallest absolute Gasteiger partial charge is 0.265 e. The van der Waals surface area contributed by atoms with Crippen LogP contribution in [-0.2, 0) is 0 Å². The van der Waals surface area contributed by atoms with E-state index in [1.54, 1.807) is 12.4 Å². The number of thiazole rings is 1. The zero-order valence-corrected chi connectivity index (χ0v) is 12.4. The lowest BCUT2D eigenvalue weighted by Crippen LogP contribution is -2.40. The lowest BCUT2D eigenvalue weighted by atomic mass is 9.99. The standard InChI is InChI=1S/C15H17N3O2S/c19-10-11-4-3-7-18(9-11)15(20)13-8-17-14(21-13)12-5-1-2-6-16-12/h1-2,5-6,8,11,19H,3-4,7,9-10H2. The lowest BCUT2D eigenvalue weighted by molar-refractivity contribution is 0.0625. The molecule has 5 nitrogen and oxygen atoms in total. The Kier molecular flexibility index (Phi) is 4.26. The van der Waals surface area contributed by atoms with Gasteiger partial charge in [-0.25, -0.2) is 4.98 Å². The number of carbonyl (C=O) groups is 1. The van der Waals surface area contributed by atoms with Crippen LogP contribution >= 0.6 is 11.3 Å². The predicted molar refractivity (Wildman–Crippen MR) is 81.1 cm³/mol. The van der Waals surface area contributed by atoms with Gasteiger partial charge >= 0.3 is 0 Å². The summed E-state index contributed by atoms with van der Waals surface area (Å²) in [7, 11) is 0. The molecule has 21 heavy (non-hydrogen) atoms. The summed E-state index contributed by atoms with van der Waals surface area (Å²) in [5, 5.41) is 10.0. The van der Waals surface area contributed by atoms with Crippen LogP contribution in [0.25, 0.3) is 10.7 Å². The molecule has 0 radical (unpaired) electrons. The molecule has 3 heterocycles. The maximum Gasteiger partial charge on any atom is 0.265 e. The van der Waals surface area contributed by atoms with Gasteiger partial charge in [-0.15, -0.1) is 11.3 Å². The number of aliphatic hydroxyl groups is 1. The molecule has 1 amide bonds. The number of amides is 1. The molecule has 1 atom stereocenters. The third kappa shape index (κ3) is 3.11. The van der Waals surface area contributed by atoms with Crippen molar-refractivity contribution >= 4 is 17.2 Å². The van der Waals surface area contributed by atoms with Gasteiger partial charge in [0, 0.05) is 25.9 Å². The minimum Gasteiger partial charge on any atom is -0.396 e. The normalized spacial score (nSPS) is 18.7. The SMILES string of the molecule is O=C(c1cnc(-c2ccccn2)s1)N1CCCC(CO)C1. The van der Waals surface area contributed by atoms with Gasteiger partial charge in [0.25, 0.3) is 5.91 Å². The molecule has 1 N–H and O–H groups in total. The fourth-order valence-electron chi connectivity index (χ4n) is 2.54. The summed E-state index contributed by atoms with van der Waals surface area (Å²) in [6.07, 6.45) is 5.28. The minimum atomic E-state index is 0.00725. The van der Waals surface area contributed by atoms with Crippen LogP contribution < -0.4 is 0 Å². The topological polar surface area (TPSA) is 66.3 Å². The maximum absolute atomic E-state index is 12.5. The fraction of sp³-hybridized carbons (Fsp3) is 0.400. The highest BCUT2D eigenvalue weighted by Gasteiger charge is 2.25. The summed E-state index contributed by atoms with van der Waals surface area (Å²) in [5.74, 6) is 0.207. The molecule has 110 valence electrons. The Labute approximate surface area is 127 Å². The molecule has 1 fully saturated rings. The first-order valence-electron chi connectivity index (χ1n) is 7.05. The van der Waals surface area contributed by atoms with Crippen LogP contribution in [0.5, 0.6) is 0 Å². The summed E-state index contributed by atoms with van der Waals surface area (Å²) in [6, 6.07) is 5.64. The van der Waals surface area contributed by atoms with E-state index in [1.165, 1.54) is 11.3 Å². The number of nitrogens with zero attached hydrogens (tertiary/aromatic N) is 3. The number of carbonyl (C=O) groups excluding carboxylic acids is 1. The number of aromatic nitrogens is 2. The van der Waals surface area contributed by atoms with E-state index in [1.807, 2.05) is 23.1 Å². The maximum atomic E-state index is 12.5. The highest BCUT2D eigenvalue weighted by atomic mass is 32.1. The Morgan fingerprint density at radius 3 is 3.10 bits per heavy atom. The molecule has 2 aromatic rings. The summed E-state index contributed by atoms with van der Waals surface area (Å²) < 4.78 is 0. The Balaban J connectivity index is 1.75. The minimum absolute atomic E-state index is 0.00725. The molecule has 2 aromatic heterocycles. The summed E-state index contributed by atoms with van der Waals surface area (Å²) in [5.41, 5.74) is 0.786. The first-order valence-corrected chi connectivity index (χ1v) is 7.87. The number of likely N-dealkylation sites (tertiary alicyclic amines) is 1. The quantitative estimate of drug-likeness (QED) is 0.942. The Morgan fingerprint density at radius 1 is 1.43 bits per heavy atom. The average Bonchev–Trinajstić information content (AvgIpc) is 3.05. The van der Waals surface area contributed by atoms with Crippen molar-refractivity contribution < 1.29 is 9.90 Å². The van der Waals surface area contributed by atoms with Crippen molar-refractivity contribution in [2.75, 3.05) is 19.7 Å². The van der Waals surface area contributed by atoms with Crippen LogP contribution in [-0.4, -0.2) is 45.6 Å². The number of hydrogen-bond donors (Lipinski definition) is 1. The zero-order valence-electron chi connectivity index (χ0n) is 11.6. The van der Waals surface area contributed by atoms with E-state index in [0.29, 0.717) is 11.4 Å². The second-order valence-corrected chi connectivity index (χ2v) is 6.22. The van der Waals surface area contributed by atoms with Crippen molar-refractivity contribution in [2.24, 2.45) is 5.92 Å². The third-order valence-electron chi connectivity index (χ3n) is 3.66. The van der Waals surface area contributed by atoms with Gasteiger partial charge in [0.2, 0.25) is 0 Å². The first-order chi connectivity index (χ1) is 10.3. The fourth-order valence-corrected chi connectivity index (χ4v) is 3.40. The van der Waals surface area contributed by atoms with Crippen LogP contribution in [0.4, 0.5) is 0 Å². The van der Waals surface area contributed by atoms with E-state index in [9.17, 15) is 9.90 Å². The highest BCUT2D eigenvalue weighted by Crippen LogP contribution is 2.25. The van der Waals surface area contributed by atoms with Gasteiger partial charge in [-0.05, 0) is 30.9 Å². The molecule has 3 rings (SSSR count). The van der Waals surface area contributed by atoms with Crippen molar-refractivity contribution in [1.82, 2.24) is 14.9 Å². The van der Waals surface area contributed by atoms with Crippen molar-refractivity contribution in [2.45, 2.75) is 12.8 Å². The second-order valence-electron chi connectivity index (χ2n) is 5.19. The first kappa shape index (κ1) is 14.2. The van der Waals surface area contributed by atoms with E-state index in [2.05, 4.69) is 9.97 Å². The average molecular weight is 303 g/mol. The Morgan fingerprint density at radius 2 is 2.33 bits per heavy atom. The third-order valence-corrected chi connectivity index (χ3v) is 4.67. The van der Waals surface area contributed by atoms with Crippen molar-refractivity contribution in [3.63, 3.8) is 0 Å². The largest absolute Gasteiger partial charge is 0.396 e. The number of rotatable bonds is 3. The van der Waals surface area contributed by atoms with E-state index < -0.39 is 0 Å². The van der Waals surface area contributed by atoms with Crippen molar-refractivity contribution in [1.29, 1.82) is 0 Å². The van der Waals surface area contributed by atoms with Crippen LogP contribution in [0.2, 0.25) is 0 Å². The van der Waals surface area contributed by atoms with Crippen LogP contribution in [0.1, 0.15) is 22.5 Å². The summed E-state index contributed by atoms with van der Waals surface area (Å²) in [6.45, 7) is 1.53. The van der Waals surface area contributed by atoms with E-state index in [0.717, 1.165) is 30.1 Å². The van der Waals surface area contributed by atoms with E-state index >= 15 is 0 Å². The van der Waals surface area contributed by atoms with Gasteiger partial charge in [0.1, 0.15) is 9.88 Å². The number of hydrogen-bond acceptors (Lipinski definition) is 5. The van der Waals surface area contributed by atoms with Gasteiger partial charge in [0.15, 0.2) is 0 Å². The number of piperidine rings is 1. The predicted octanol–water partition coefficient (Wildman–Crippen LogP) is 2.05. The van der Waals surface area contributed by atoms with Gasteiger partial charge in [-0.1, -0.05) is 6.07 Å². The Hall–Kier alpha value is -1.79. The van der Waals surface area contributed by atoms with Crippen LogP contribution in [0.15, 0.2) is 30.6 Å². The molecule has 1 unspecified atom stereocenters. The molecule has 0 aliphatic carbocycles. The zero-order chi connectivity index (χ0) is 14.7. The lowest BCUT2D eigenvalue weighted by Gasteiger charge is -2.31. The molecule has 1 saturated heterocycles.